The van der Waals surface area contributed by atoms with Crippen LogP contribution in [0.5, 0.6) is 0 Å². The fourth-order valence-corrected chi connectivity index (χ4v) is 4.06. The van der Waals surface area contributed by atoms with Crippen LogP contribution in [0, 0.1) is 13.8 Å². The molecule has 0 radical (unpaired) electrons. The van der Waals surface area contributed by atoms with Crippen molar-refractivity contribution in [2.45, 2.75) is 58.0 Å². The third-order valence-electron chi connectivity index (χ3n) is 4.94. The van der Waals surface area contributed by atoms with E-state index in [4.69, 9.17) is 0 Å². The number of nitrogens with zero attached hydrogens (tertiary/aromatic N) is 1. The van der Waals surface area contributed by atoms with Crippen LogP contribution in [-0.4, -0.2) is 35.1 Å². The molecule has 0 aliphatic rings. The van der Waals surface area contributed by atoms with Crippen molar-refractivity contribution >= 4 is 23.6 Å². The van der Waals surface area contributed by atoms with Crippen LogP contribution in [-0.2, 0) is 16.1 Å². The lowest BCUT2D eigenvalue weighted by atomic mass is 10.1. The number of amides is 2. The van der Waals surface area contributed by atoms with Crippen LogP contribution in [0.3, 0.4) is 0 Å². The maximum absolute atomic E-state index is 13.1. The van der Waals surface area contributed by atoms with Crippen LogP contribution in [0.2, 0.25) is 0 Å². The van der Waals surface area contributed by atoms with Gasteiger partial charge < -0.3 is 10.2 Å². The number of hydrogen-bond donors (Lipinski definition) is 1. The number of thioether (sulfide) groups is 1. The van der Waals surface area contributed by atoms with E-state index in [9.17, 15) is 9.59 Å². The zero-order chi connectivity index (χ0) is 21.2. The molecule has 0 aromatic heterocycles. The Morgan fingerprint density at radius 2 is 1.72 bits per heavy atom. The summed E-state index contributed by atoms with van der Waals surface area (Å²) in [5.41, 5.74) is 3.43. The summed E-state index contributed by atoms with van der Waals surface area (Å²) in [5, 5.41) is 2.88. The van der Waals surface area contributed by atoms with Crippen molar-refractivity contribution in [3.63, 3.8) is 0 Å². The predicted octanol–water partition coefficient (Wildman–Crippen LogP) is 4.73. The Bertz CT molecular complexity index is 805. The first kappa shape index (κ1) is 23.0. The topological polar surface area (TPSA) is 49.4 Å². The van der Waals surface area contributed by atoms with E-state index >= 15 is 0 Å². The van der Waals surface area contributed by atoms with E-state index in [2.05, 4.69) is 36.5 Å². The first-order valence-corrected chi connectivity index (χ1v) is 11.3. The van der Waals surface area contributed by atoms with Crippen LogP contribution in [0.25, 0.3) is 0 Å². The molecule has 156 valence electrons. The van der Waals surface area contributed by atoms with E-state index in [-0.39, 0.29) is 11.8 Å². The smallest absolute Gasteiger partial charge is 0.242 e. The molecule has 4 nitrogen and oxygen atoms in total. The molecule has 1 N–H and O–H groups in total. The normalized spacial score (nSPS) is 11.7. The van der Waals surface area contributed by atoms with Gasteiger partial charge in [0.2, 0.25) is 11.8 Å². The summed E-state index contributed by atoms with van der Waals surface area (Å²) in [6.45, 7) is 8.97. The molecule has 2 rings (SSSR count). The second-order valence-electron chi connectivity index (χ2n) is 7.18. The van der Waals surface area contributed by atoms with E-state index in [1.807, 2.05) is 45.0 Å². The first-order chi connectivity index (χ1) is 14.0. The van der Waals surface area contributed by atoms with Gasteiger partial charge in [0, 0.05) is 30.2 Å². The Kier molecular flexibility index (Phi) is 9.26. The van der Waals surface area contributed by atoms with Crippen LogP contribution in [0.1, 0.15) is 43.4 Å². The fourth-order valence-electron chi connectivity index (χ4n) is 3.22. The molecule has 0 aliphatic heterocycles. The zero-order valence-electron chi connectivity index (χ0n) is 17.9. The quantitative estimate of drug-likeness (QED) is 0.574. The van der Waals surface area contributed by atoms with E-state index < -0.39 is 6.04 Å². The molecule has 0 aliphatic carbocycles. The van der Waals surface area contributed by atoms with Gasteiger partial charge in [-0.1, -0.05) is 48.9 Å². The standard InChI is InChI=1S/C24H32N2O2S/c1-5-22(24(28)25-6-2)26(17-20-10-8-7-9-19(20)4)23(27)15-16-29-21-13-11-18(3)12-14-21/h7-14,22H,5-6,15-17H2,1-4H3,(H,25,28)/t22-/m0/s1. The summed E-state index contributed by atoms with van der Waals surface area (Å²) in [4.78, 5) is 28.7. The van der Waals surface area contributed by atoms with Gasteiger partial charge in [0.05, 0.1) is 0 Å². The van der Waals surface area contributed by atoms with Gasteiger partial charge in [0.15, 0.2) is 0 Å². The van der Waals surface area contributed by atoms with Gasteiger partial charge in [0.25, 0.3) is 0 Å². The number of hydrogen-bond acceptors (Lipinski definition) is 3. The van der Waals surface area contributed by atoms with Crippen molar-refractivity contribution in [3.8, 4) is 0 Å². The zero-order valence-corrected chi connectivity index (χ0v) is 18.7. The number of nitrogens with one attached hydrogen (secondary N) is 1. The van der Waals surface area contributed by atoms with Crippen LogP contribution in [0.15, 0.2) is 53.4 Å². The molecule has 29 heavy (non-hydrogen) atoms. The third kappa shape index (κ3) is 6.93. The maximum Gasteiger partial charge on any atom is 0.242 e. The van der Waals surface area contributed by atoms with Crippen LogP contribution < -0.4 is 5.32 Å². The minimum absolute atomic E-state index is 0.0194. The highest BCUT2D eigenvalue weighted by Gasteiger charge is 2.28. The highest BCUT2D eigenvalue weighted by Crippen LogP contribution is 2.21. The molecule has 0 spiro atoms. The molecule has 2 aromatic rings. The lowest BCUT2D eigenvalue weighted by Gasteiger charge is -2.31. The lowest BCUT2D eigenvalue weighted by Crippen LogP contribution is -2.49. The lowest BCUT2D eigenvalue weighted by molar-refractivity contribution is -0.141. The summed E-state index contributed by atoms with van der Waals surface area (Å²) in [5.74, 6) is 0.631. The second kappa shape index (κ2) is 11.7. The van der Waals surface area contributed by atoms with Crippen molar-refractivity contribution < 1.29 is 9.59 Å². The van der Waals surface area contributed by atoms with Gasteiger partial charge in [-0.3, -0.25) is 9.59 Å². The summed E-state index contributed by atoms with van der Waals surface area (Å²) >= 11 is 1.67. The molecule has 0 fully saturated rings. The Balaban J connectivity index is 2.11. The van der Waals surface area contributed by atoms with Crippen molar-refractivity contribution in [1.29, 1.82) is 0 Å². The van der Waals surface area contributed by atoms with Crippen molar-refractivity contribution in [3.05, 3.63) is 65.2 Å². The second-order valence-corrected chi connectivity index (χ2v) is 8.35. The number of carbonyl (C=O) groups is 2. The molecule has 0 heterocycles. The first-order valence-electron chi connectivity index (χ1n) is 10.3. The molecule has 0 bridgehead atoms. The molecule has 1 atom stereocenters. The molecule has 2 amide bonds. The Morgan fingerprint density at radius 1 is 1.03 bits per heavy atom. The average molecular weight is 413 g/mol. The molecule has 0 saturated heterocycles. The average Bonchev–Trinajstić information content (AvgIpc) is 2.71. The monoisotopic (exact) mass is 412 g/mol. The van der Waals surface area contributed by atoms with Crippen molar-refractivity contribution in [1.82, 2.24) is 10.2 Å². The number of benzene rings is 2. The summed E-state index contributed by atoms with van der Waals surface area (Å²) < 4.78 is 0. The van der Waals surface area contributed by atoms with Crippen molar-refractivity contribution in [2.75, 3.05) is 12.3 Å². The van der Waals surface area contributed by atoms with Crippen LogP contribution >= 0.6 is 11.8 Å². The molecule has 2 aromatic carbocycles. The SMILES string of the molecule is CCNC(=O)[C@H](CC)N(Cc1ccccc1C)C(=O)CCSc1ccc(C)cc1. The molecular weight excluding hydrogens is 380 g/mol. The van der Waals surface area contributed by atoms with Gasteiger partial charge in [-0.25, -0.2) is 0 Å². The van der Waals surface area contributed by atoms with Gasteiger partial charge in [-0.05, 0) is 50.5 Å². The Morgan fingerprint density at radius 3 is 2.34 bits per heavy atom. The molecule has 0 unspecified atom stereocenters. The molecule has 0 saturated carbocycles. The Hall–Kier alpha value is -2.27. The van der Waals surface area contributed by atoms with Gasteiger partial charge in [-0.2, -0.15) is 0 Å². The van der Waals surface area contributed by atoms with E-state index in [0.29, 0.717) is 31.7 Å². The Labute approximate surface area is 179 Å². The number of rotatable bonds is 10. The van der Waals surface area contributed by atoms with E-state index in [1.165, 1.54) is 5.56 Å². The van der Waals surface area contributed by atoms with Gasteiger partial charge in [0.1, 0.15) is 6.04 Å². The molecular formula is C24H32N2O2S. The number of carbonyl (C=O) groups excluding carboxylic acids is 2. The minimum Gasteiger partial charge on any atom is -0.355 e. The largest absolute Gasteiger partial charge is 0.355 e. The maximum atomic E-state index is 13.1. The summed E-state index contributed by atoms with van der Waals surface area (Å²) in [6.07, 6.45) is 0.995. The summed E-state index contributed by atoms with van der Waals surface area (Å²) in [7, 11) is 0. The number of likely N-dealkylation sites (N-methyl/N-ethyl adjacent to an activating group) is 1. The third-order valence-corrected chi connectivity index (χ3v) is 5.96. The highest BCUT2D eigenvalue weighted by molar-refractivity contribution is 7.99. The molecule has 5 heteroatoms. The van der Waals surface area contributed by atoms with Crippen LogP contribution in [0.4, 0.5) is 0 Å². The number of aryl methyl sites for hydroxylation is 2. The van der Waals surface area contributed by atoms with Gasteiger partial charge in [-0.15, -0.1) is 11.8 Å². The highest BCUT2D eigenvalue weighted by atomic mass is 32.2. The van der Waals surface area contributed by atoms with E-state index in [0.717, 1.165) is 16.0 Å². The predicted molar refractivity (Wildman–Crippen MR) is 121 cm³/mol. The minimum atomic E-state index is -0.452. The van der Waals surface area contributed by atoms with Crippen molar-refractivity contribution in [2.24, 2.45) is 0 Å². The summed E-state index contributed by atoms with van der Waals surface area (Å²) in [6, 6.07) is 15.9. The fraction of sp³-hybridized carbons (Fsp3) is 0.417. The van der Waals surface area contributed by atoms with Gasteiger partial charge >= 0.3 is 0 Å². The van der Waals surface area contributed by atoms with E-state index in [1.54, 1.807) is 16.7 Å².